The van der Waals surface area contributed by atoms with Crippen LogP contribution in [0.3, 0.4) is 0 Å². The fraction of sp³-hybridized carbons (Fsp3) is 0.200. The minimum absolute atomic E-state index is 0.0707. The van der Waals surface area contributed by atoms with Gasteiger partial charge in [0.25, 0.3) is 5.91 Å². The third-order valence-corrected chi connectivity index (χ3v) is 5.28. The number of amides is 1. The first-order valence-corrected chi connectivity index (χ1v) is 9.79. The van der Waals surface area contributed by atoms with Crippen molar-refractivity contribution in [2.24, 2.45) is 0 Å². The van der Waals surface area contributed by atoms with Gasteiger partial charge in [-0.15, -0.1) is 11.3 Å². The van der Waals surface area contributed by atoms with Crippen LogP contribution < -0.4 is 10.1 Å². The largest absolute Gasteiger partial charge is 0.435 e. The van der Waals surface area contributed by atoms with Gasteiger partial charge in [0.05, 0.1) is 11.9 Å². The van der Waals surface area contributed by atoms with Gasteiger partial charge in [0.15, 0.2) is 10.8 Å². The number of nitrogens with zero attached hydrogens (tertiary/aromatic N) is 4. The Balaban J connectivity index is 1.57. The molecule has 7 nitrogen and oxygen atoms in total. The van der Waals surface area contributed by atoms with Crippen LogP contribution in [0.2, 0.25) is 0 Å². The van der Waals surface area contributed by atoms with Gasteiger partial charge >= 0.3 is 6.61 Å². The first-order chi connectivity index (χ1) is 14.3. The van der Waals surface area contributed by atoms with Gasteiger partial charge in [-0.1, -0.05) is 0 Å². The summed E-state index contributed by atoms with van der Waals surface area (Å²) >= 11 is 1.32. The molecule has 154 valence electrons. The molecule has 0 radical (unpaired) electrons. The number of thiazole rings is 1. The number of benzene rings is 1. The number of fused-ring (bicyclic) bond motifs is 1. The van der Waals surface area contributed by atoms with Crippen molar-refractivity contribution < 1.29 is 18.3 Å². The van der Waals surface area contributed by atoms with Gasteiger partial charge in [-0.25, -0.2) is 14.5 Å². The number of hydrogen-bond acceptors (Lipinski definition) is 6. The van der Waals surface area contributed by atoms with Crippen LogP contribution >= 0.6 is 11.3 Å². The SMILES string of the molecule is Cc1cc(C)n2ncc(C(=O)Nc3nc(-c4ccc(OC(F)F)cc4)c(C)s3)c2n1. The lowest BCUT2D eigenvalue weighted by Crippen LogP contribution is -2.12. The number of anilines is 1. The molecular formula is C20H17F2N5O2S. The number of nitrogens with one attached hydrogen (secondary N) is 1. The summed E-state index contributed by atoms with van der Waals surface area (Å²) in [4.78, 5) is 22.6. The van der Waals surface area contributed by atoms with Gasteiger partial charge in [0, 0.05) is 21.8 Å². The van der Waals surface area contributed by atoms with Crippen molar-refractivity contribution in [2.75, 3.05) is 5.32 Å². The summed E-state index contributed by atoms with van der Waals surface area (Å²) in [6.45, 7) is 2.75. The number of alkyl halides is 2. The van der Waals surface area contributed by atoms with Crippen molar-refractivity contribution in [1.29, 1.82) is 0 Å². The fourth-order valence-corrected chi connectivity index (χ4v) is 3.94. The third-order valence-electron chi connectivity index (χ3n) is 4.39. The highest BCUT2D eigenvalue weighted by Gasteiger charge is 2.18. The van der Waals surface area contributed by atoms with E-state index < -0.39 is 6.61 Å². The Bertz CT molecular complexity index is 1230. The number of aromatic nitrogens is 4. The number of carbonyl (C=O) groups is 1. The Morgan fingerprint density at radius 3 is 2.60 bits per heavy atom. The molecule has 0 aliphatic rings. The Morgan fingerprint density at radius 1 is 1.17 bits per heavy atom. The summed E-state index contributed by atoms with van der Waals surface area (Å²) in [7, 11) is 0. The fourth-order valence-electron chi connectivity index (χ4n) is 3.11. The summed E-state index contributed by atoms with van der Waals surface area (Å²) in [5.74, 6) is -0.287. The molecule has 0 saturated heterocycles. The topological polar surface area (TPSA) is 81.4 Å². The number of ether oxygens (including phenoxy) is 1. The zero-order valence-corrected chi connectivity index (χ0v) is 17.1. The predicted octanol–water partition coefficient (Wildman–Crippen LogP) is 4.63. The molecule has 1 aromatic carbocycles. The summed E-state index contributed by atoms with van der Waals surface area (Å²) in [5, 5.41) is 7.45. The van der Waals surface area contributed by atoms with Crippen LogP contribution in [-0.2, 0) is 0 Å². The summed E-state index contributed by atoms with van der Waals surface area (Å²) in [6, 6.07) is 8.08. The Labute approximate surface area is 174 Å². The molecule has 0 saturated carbocycles. The molecule has 3 heterocycles. The summed E-state index contributed by atoms with van der Waals surface area (Å²) in [6.07, 6.45) is 1.48. The van der Waals surface area contributed by atoms with E-state index in [1.807, 2.05) is 26.8 Å². The van der Waals surface area contributed by atoms with Crippen LogP contribution in [0.4, 0.5) is 13.9 Å². The second-order valence-electron chi connectivity index (χ2n) is 6.61. The lowest BCUT2D eigenvalue weighted by molar-refractivity contribution is -0.0498. The molecule has 10 heteroatoms. The van der Waals surface area contributed by atoms with Gasteiger partial charge in [0.2, 0.25) is 0 Å². The lowest BCUT2D eigenvalue weighted by Gasteiger charge is -2.05. The van der Waals surface area contributed by atoms with Crippen molar-refractivity contribution in [3.8, 4) is 17.0 Å². The van der Waals surface area contributed by atoms with E-state index in [0.717, 1.165) is 21.8 Å². The number of halogens is 2. The molecule has 1 amide bonds. The van der Waals surface area contributed by atoms with Crippen LogP contribution in [0.5, 0.6) is 5.75 Å². The van der Waals surface area contributed by atoms with Gasteiger partial charge in [-0.3, -0.25) is 10.1 Å². The molecule has 0 spiro atoms. The molecule has 4 aromatic rings. The Kier molecular flexibility index (Phi) is 5.17. The summed E-state index contributed by atoms with van der Waals surface area (Å²) in [5.41, 5.74) is 3.89. The Hall–Kier alpha value is -3.40. The number of rotatable bonds is 5. The molecule has 1 N–H and O–H groups in total. The van der Waals surface area contributed by atoms with Crippen LogP contribution in [0.1, 0.15) is 26.6 Å². The van der Waals surface area contributed by atoms with E-state index in [-0.39, 0.29) is 11.7 Å². The first-order valence-electron chi connectivity index (χ1n) is 8.98. The zero-order chi connectivity index (χ0) is 21.4. The highest BCUT2D eigenvalue weighted by molar-refractivity contribution is 7.16. The second-order valence-corrected chi connectivity index (χ2v) is 7.82. The van der Waals surface area contributed by atoms with Gasteiger partial charge < -0.3 is 4.74 Å². The number of carbonyl (C=O) groups excluding carboxylic acids is 1. The molecule has 0 aliphatic heterocycles. The highest BCUT2D eigenvalue weighted by Crippen LogP contribution is 2.32. The average Bonchev–Trinajstić information content (AvgIpc) is 3.25. The van der Waals surface area contributed by atoms with E-state index in [0.29, 0.717) is 22.0 Å². The molecular weight excluding hydrogens is 412 g/mol. The van der Waals surface area contributed by atoms with Crippen molar-refractivity contribution in [1.82, 2.24) is 19.6 Å². The standard InChI is InChI=1S/C20H17F2N5O2S/c1-10-8-11(2)27-17(24-10)15(9-23-27)18(28)26-20-25-16(12(3)30-20)13-4-6-14(7-5-13)29-19(21)22/h4-9,19H,1-3H3,(H,25,26,28). The van der Waals surface area contributed by atoms with E-state index in [2.05, 4.69) is 25.1 Å². The molecule has 0 fully saturated rings. The predicted molar refractivity (Wildman–Crippen MR) is 109 cm³/mol. The van der Waals surface area contributed by atoms with E-state index in [4.69, 9.17) is 0 Å². The van der Waals surface area contributed by atoms with Crippen molar-refractivity contribution in [3.63, 3.8) is 0 Å². The highest BCUT2D eigenvalue weighted by atomic mass is 32.1. The van der Waals surface area contributed by atoms with Crippen LogP contribution in [0, 0.1) is 20.8 Å². The maximum absolute atomic E-state index is 12.8. The maximum atomic E-state index is 12.8. The first kappa shape index (κ1) is 19.9. The molecule has 30 heavy (non-hydrogen) atoms. The summed E-state index contributed by atoms with van der Waals surface area (Å²) < 4.78 is 30.6. The zero-order valence-electron chi connectivity index (χ0n) is 16.3. The van der Waals surface area contributed by atoms with E-state index >= 15 is 0 Å². The maximum Gasteiger partial charge on any atom is 0.387 e. The molecule has 0 unspecified atom stereocenters. The average molecular weight is 429 g/mol. The van der Waals surface area contributed by atoms with Gasteiger partial charge in [-0.05, 0) is 51.1 Å². The monoisotopic (exact) mass is 429 g/mol. The van der Waals surface area contributed by atoms with Crippen molar-refractivity contribution >= 4 is 28.0 Å². The molecule has 0 aliphatic carbocycles. The van der Waals surface area contributed by atoms with E-state index in [9.17, 15) is 13.6 Å². The number of aryl methyl sites for hydroxylation is 3. The van der Waals surface area contributed by atoms with Crippen molar-refractivity contribution in [3.05, 3.63) is 58.4 Å². The number of hydrogen-bond donors (Lipinski definition) is 1. The Morgan fingerprint density at radius 2 is 1.90 bits per heavy atom. The minimum Gasteiger partial charge on any atom is -0.435 e. The molecule has 4 rings (SSSR count). The van der Waals surface area contributed by atoms with E-state index in [1.165, 1.54) is 29.7 Å². The minimum atomic E-state index is -2.87. The molecule has 0 atom stereocenters. The van der Waals surface area contributed by atoms with Crippen LogP contribution in [0.25, 0.3) is 16.9 Å². The van der Waals surface area contributed by atoms with Crippen molar-refractivity contribution in [2.45, 2.75) is 27.4 Å². The van der Waals surface area contributed by atoms with Gasteiger partial charge in [-0.2, -0.15) is 13.9 Å². The van der Waals surface area contributed by atoms with Crippen LogP contribution in [0.15, 0.2) is 36.5 Å². The van der Waals surface area contributed by atoms with Crippen LogP contribution in [-0.4, -0.2) is 32.1 Å². The second kappa shape index (κ2) is 7.79. The van der Waals surface area contributed by atoms with E-state index in [1.54, 1.807) is 16.6 Å². The lowest BCUT2D eigenvalue weighted by atomic mass is 10.1. The molecule has 0 bridgehead atoms. The normalized spacial score (nSPS) is 11.3. The van der Waals surface area contributed by atoms with Gasteiger partial charge in [0.1, 0.15) is 11.3 Å². The third kappa shape index (κ3) is 3.86. The smallest absolute Gasteiger partial charge is 0.387 e. The molecule has 3 aromatic heterocycles. The quantitative estimate of drug-likeness (QED) is 0.500.